The zero-order valence-corrected chi connectivity index (χ0v) is 14.1. The molecule has 0 amide bonds. The Labute approximate surface area is 133 Å². The summed E-state index contributed by atoms with van der Waals surface area (Å²) in [6, 6.07) is 2.95. The molecule has 2 rings (SSSR count). The van der Waals surface area contributed by atoms with E-state index in [1.165, 1.54) is 13.0 Å². The van der Waals surface area contributed by atoms with E-state index in [2.05, 4.69) is 15.9 Å². The molecule has 0 fully saturated rings. The third kappa shape index (κ3) is 2.62. The third-order valence-corrected chi connectivity index (χ3v) is 4.15. The molecule has 0 saturated carbocycles. The van der Waals surface area contributed by atoms with Crippen LogP contribution in [0.2, 0.25) is 0 Å². The molecular formula is C15H15BrF3NO2. The van der Waals surface area contributed by atoms with Crippen molar-refractivity contribution in [1.29, 1.82) is 0 Å². The number of aromatic nitrogens is 1. The molecule has 3 nitrogen and oxygen atoms in total. The number of nitrogens with zero attached hydrogens (tertiary/aromatic N) is 1. The first-order valence-corrected chi connectivity index (χ1v) is 7.30. The number of carboxylic acid groups (broad SMARTS) is 1. The van der Waals surface area contributed by atoms with E-state index in [0.717, 1.165) is 4.57 Å². The Morgan fingerprint density at radius 3 is 2.18 bits per heavy atom. The van der Waals surface area contributed by atoms with Crippen LogP contribution in [-0.2, 0) is 11.6 Å². The second-order valence-electron chi connectivity index (χ2n) is 6.19. The zero-order valence-electron chi connectivity index (χ0n) is 12.5. The molecule has 7 heteroatoms. The Balaban J connectivity index is 3.01. The molecule has 0 aliphatic heterocycles. The van der Waals surface area contributed by atoms with E-state index in [1.54, 1.807) is 6.07 Å². The molecule has 2 aromatic rings. The predicted molar refractivity (Wildman–Crippen MR) is 81.5 cm³/mol. The standard InChI is InChI=1S/C15H15BrF3NO2/c1-7-11(15(17,18)19)9(16)5-8-6-10(14(2,3)4)20(12(7)8)13(21)22/h5-6H,1-4H3,(H,21,22). The van der Waals surface area contributed by atoms with Crippen LogP contribution in [0.1, 0.15) is 37.6 Å². The summed E-state index contributed by atoms with van der Waals surface area (Å²) in [5.41, 5.74) is -0.942. The van der Waals surface area contributed by atoms with Gasteiger partial charge in [-0.15, -0.1) is 0 Å². The lowest BCUT2D eigenvalue weighted by Gasteiger charge is -2.20. The minimum Gasteiger partial charge on any atom is -0.464 e. The Morgan fingerprint density at radius 2 is 1.77 bits per heavy atom. The lowest BCUT2D eigenvalue weighted by molar-refractivity contribution is -0.138. The van der Waals surface area contributed by atoms with Crippen molar-refractivity contribution in [2.45, 2.75) is 39.3 Å². The van der Waals surface area contributed by atoms with Crippen LogP contribution in [0.15, 0.2) is 16.6 Å². The number of hydrogen-bond acceptors (Lipinski definition) is 1. The third-order valence-electron chi connectivity index (χ3n) is 3.52. The Kier molecular flexibility index (Phi) is 3.84. The van der Waals surface area contributed by atoms with Crippen molar-refractivity contribution < 1.29 is 23.1 Å². The van der Waals surface area contributed by atoms with Crippen molar-refractivity contribution in [3.8, 4) is 0 Å². The topological polar surface area (TPSA) is 42.2 Å². The average molecular weight is 378 g/mol. The van der Waals surface area contributed by atoms with Gasteiger partial charge in [-0.05, 0) is 24.6 Å². The molecule has 0 aliphatic carbocycles. The van der Waals surface area contributed by atoms with Crippen molar-refractivity contribution in [2.75, 3.05) is 0 Å². The Bertz CT molecular complexity index is 770. The molecule has 1 aromatic carbocycles. The first-order valence-electron chi connectivity index (χ1n) is 6.51. The van der Waals surface area contributed by atoms with Gasteiger partial charge in [0.2, 0.25) is 0 Å². The van der Waals surface area contributed by atoms with Crippen molar-refractivity contribution in [3.05, 3.63) is 33.4 Å². The molecule has 0 saturated heterocycles. The quantitative estimate of drug-likeness (QED) is 0.653. The van der Waals surface area contributed by atoms with Gasteiger partial charge in [-0.2, -0.15) is 13.2 Å². The fraction of sp³-hybridized carbons (Fsp3) is 0.400. The molecule has 1 N–H and O–H groups in total. The fourth-order valence-electron chi connectivity index (χ4n) is 2.63. The summed E-state index contributed by atoms with van der Waals surface area (Å²) in [7, 11) is 0. The van der Waals surface area contributed by atoms with Crippen molar-refractivity contribution in [2.24, 2.45) is 0 Å². The maximum atomic E-state index is 13.2. The van der Waals surface area contributed by atoms with Gasteiger partial charge in [-0.3, -0.25) is 0 Å². The molecule has 0 aliphatic rings. The monoisotopic (exact) mass is 377 g/mol. The summed E-state index contributed by atoms with van der Waals surface area (Å²) in [5.74, 6) is 0. The zero-order chi connectivity index (χ0) is 17.0. The Morgan fingerprint density at radius 1 is 1.23 bits per heavy atom. The van der Waals surface area contributed by atoms with Gasteiger partial charge in [0.25, 0.3) is 0 Å². The predicted octanol–water partition coefficient (Wildman–Crippen LogP) is 5.55. The fourth-order valence-corrected chi connectivity index (χ4v) is 3.40. The summed E-state index contributed by atoms with van der Waals surface area (Å²) in [5, 5.41) is 9.94. The van der Waals surface area contributed by atoms with Crippen LogP contribution in [0, 0.1) is 6.92 Å². The summed E-state index contributed by atoms with van der Waals surface area (Å²) in [4.78, 5) is 11.6. The van der Waals surface area contributed by atoms with Gasteiger partial charge in [0.1, 0.15) is 0 Å². The van der Waals surface area contributed by atoms with Crippen LogP contribution >= 0.6 is 15.9 Å². The van der Waals surface area contributed by atoms with E-state index >= 15 is 0 Å². The maximum absolute atomic E-state index is 13.2. The highest BCUT2D eigenvalue weighted by Gasteiger charge is 2.37. The second kappa shape index (κ2) is 5.01. The van der Waals surface area contributed by atoms with Crippen LogP contribution in [-0.4, -0.2) is 15.8 Å². The summed E-state index contributed by atoms with van der Waals surface area (Å²) < 4.78 is 40.5. The number of halogens is 4. The minimum atomic E-state index is -4.56. The first-order chi connectivity index (χ1) is 9.85. The molecule has 22 heavy (non-hydrogen) atoms. The van der Waals surface area contributed by atoms with Gasteiger partial charge in [0, 0.05) is 21.0 Å². The van der Waals surface area contributed by atoms with Crippen molar-refractivity contribution >= 4 is 32.9 Å². The lowest BCUT2D eigenvalue weighted by Crippen LogP contribution is -2.22. The van der Waals surface area contributed by atoms with Crippen LogP contribution in [0.3, 0.4) is 0 Å². The number of alkyl halides is 3. The Hall–Kier alpha value is -1.50. The summed E-state index contributed by atoms with van der Waals surface area (Å²) >= 11 is 2.95. The number of hydrogen-bond donors (Lipinski definition) is 1. The van der Waals surface area contributed by atoms with Crippen LogP contribution in [0.5, 0.6) is 0 Å². The number of carbonyl (C=O) groups is 1. The smallest absolute Gasteiger partial charge is 0.417 e. The van der Waals surface area contributed by atoms with Crippen LogP contribution < -0.4 is 0 Å². The highest BCUT2D eigenvalue weighted by Crippen LogP contribution is 2.42. The number of fused-ring (bicyclic) bond motifs is 1. The van der Waals surface area contributed by atoms with Crippen LogP contribution in [0.25, 0.3) is 10.9 Å². The molecule has 0 bridgehead atoms. The molecular weight excluding hydrogens is 363 g/mol. The first kappa shape index (κ1) is 16.9. The van der Waals surface area contributed by atoms with Crippen molar-refractivity contribution in [3.63, 3.8) is 0 Å². The van der Waals surface area contributed by atoms with E-state index < -0.39 is 23.2 Å². The molecule has 0 unspecified atom stereocenters. The summed E-state index contributed by atoms with van der Waals surface area (Å²) in [6.45, 7) is 6.74. The molecule has 1 aromatic heterocycles. The normalized spacial score (nSPS) is 12.9. The number of aryl methyl sites for hydroxylation is 1. The average Bonchev–Trinajstić information content (AvgIpc) is 2.65. The molecule has 0 radical (unpaired) electrons. The second-order valence-corrected chi connectivity index (χ2v) is 7.05. The van der Waals surface area contributed by atoms with E-state index in [0.29, 0.717) is 11.1 Å². The largest absolute Gasteiger partial charge is 0.464 e. The molecule has 1 heterocycles. The highest BCUT2D eigenvalue weighted by molar-refractivity contribution is 9.10. The van der Waals surface area contributed by atoms with Gasteiger partial charge in [0.15, 0.2) is 0 Å². The van der Waals surface area contributed by atoms with Gasteiger partial charge < -0.3 is 5.11 Å². The summed E-state index contributed by atoms with van der Waals surface area (Å²) in [6.07, 6.45) is -5.86. The van der Waals surface area contributed by atoms with E-state index in [9.17, 15) is 23.1 Å². The van der Waals surface area contributed by atoms with Crippen molar-refractivity contribution in [1.82, 2.24) is 4.57 Å². The van der Waals surface area contributed by atoms with Crippen LogP contribution in [0.4, 0.5) is 18.0 Å². The molecule has 0 atom stereocenters. The number of benzene rings is 1. The van der Waals surface area contributed by atoms with E-state index in [-0.39, 0.29) is 15.6 Å². The van der Waals surface area contributed by atoms with Gasteiger partial charge in [-0.25, -0.2) is 9.36 Å². The SMILES string of the molecule is Cc1c(C(F)(F)F)c(Br)cc2cc(C(C)(C)C)n(C(=O)O)c12. The number of rotatable bonds is 0. The van der Waals surface area contributed by atoms with E-state index in [1.807, 2.05) is 20.8 Å². The lowest BCUT2D eigenvalue weighted by atomic mass is 9.92. The van der Waals surface area contributed by atoms with Gasteiger partial charge in [0.05, 0.1) is 11.1 Å². The molecule has 0 spiro atoms. The minimum absolute atomic E-state index is 0.0768. The van der Waals surface area contributed by atoms with E-state index in [4.69, 9.17) is 0 Å². The highest BCUT2D eigenvalue weighted by atomic mass is 79.9. The molecule has 120 valence electrons. The van der Waals surface area contributed by atoms with Gasteiger partial charge in [-0.1, -0.05) is 36.7 Å². The maximum Gasteiger partial charge on any atom is 0.417 e. The van der Waals surface area contributed by atoms with Gasteiger partial charge >= 0.3 is 12.3 Å².